The number of hydrogen-bond acceptors (Lipinski definition) is 5. The number of amides is 2. The van der Waals surface area contributed by atoms with Gasteiger partial charge in [0.2, 0.25) is 0 Å². The number of nitrogens with one attached hydrogen (secondary N) is 2. The van der Waals surface area contributed by atoms with Gasteiger partial charge in [0.1, 0.15) is 5.82 Å². The van der Waals surface area contributed by atoms with Gasteiger partial charge < -0.3 is 5.32 Å². The molecule has 0 aliphatic carbocycles. The lowest BCUT2D eigenvalue weighted by Gasteiger charge is -2.14. The maximum atomic E-state index is 13.5. The van der Waals surface area contributed by atoms with E-state index in [1.165, 1.54) is 16.9 Å². The summed E-state index contributed by atoms with van der Waals surface area (Å²) in [5.41, 5.74) is 5.50. The van der Waals surface area contributed by atoms with E-state index in [0.29, 0.717) is 28.0 Å². The molecule has 2 amide bonds. The molecule has 40 heavy (non-hydrogen) atoms. The molecule has 0 spiro atoms. The molecule has 4 aromatic carbocycles. The second-order valence-electron chi connectivity index (χ2n) is 8.80. The van der Waals surface area contributed by atoms with Gasteiger partial charge in [-0.15, -0.1) is 0 Å². The quantitative estimate of drug-likeness (QED) is 0.176. The highest BCUT2D eigenvalue weighted by molar-refractivity contribution is 5.94. The number of carbonyl (C=O) groups is 2. The van der Waals surface area contributed by atoms with E-state index < -0.39 is 0 Å². The molecular weight excluding hydrogens is 502 g/mol. The van der Waals surface area contributed by atoms with Gasteiger partial charge in [-0.2, -0.15) is 5.10 Å². The predicted molar refractivity (Wildman–Crippen MR) is 156 cm³/mol. The van der Waals surface area contributed by atoms with Crippen molar-refractivity contribution in [1.82, 2.24) is 20.3 Å². The lowest BCUT2D eigenvalue weighted by atomic mass is 10.2. The van der Waals surface area contributed by atoms with Crippen LogP contribution in [0.25, 0.3) is 22.7 Å². The van der Waals surface area contributed by atoms with Gasteiger partial charge in [-0.25, -0.2) is 10.4 Å². The minimum Gasteiger partial charge on any atom is -0.345 e. The Hall–Kier alpha value is -5.63. The number of carbonyl (C=O) groups excluding carboxylic acids is 2. The Morgan fingerprint density at radius 2 is 1.48 bits per heavy atom. The van der Waals surface area contributed by atoms with Crippen molar-refractivity contribution in [2.45, 2.75) is 6.54 Å². The van der Waals surface area contributed by atoms with E-state index in [0.717, 1.165) is 11.1 Å². The first kappa shape index (κ1) is 26.0. The highest BCUT2D eigenvalue weighted by atomic mass is 16.2. The number of para-hydroxylation sites is 1. The van der Waals surface area contributed by atoms with Crippen LogP contribution in [0.2, 0.25) is 0 Å². The van der Waals surface area contributed by atoms with Gasteiger partial charge in [-0.3, -0.25) is 19.0 Å². The highest BCUT2D eigenvalue weighted by Gasteiger charge is 2.14. The molecule has 0 aliphatic rings. The molecule has 5 rings (SSSR count). The first-order valence-electron chi connectivity index (χ1n) is 12.6. The van der Waals surface area contributed by atoms with E-state index >= 15 is 0 Å². The highest BCUT2D eigenvalue weighted by Crippen LogP contribution is 2.14. The summed E-state index contributed by atoms with van der Waals surface area (Å²) in [5.74, 6) is -0.221. The molecule has 1 aromatic heterocycles. The van der Waals surface area contributed by atoms with Crippen LogP contribution in [0.5, 0.6) is 0 Å². The van der Waals surface area contributed by atoms with E-state index in [2.05, 4.69) is 20.8 Å². The fourth-order valence-electron chi connectivity index (χ4n) is 4.07. The fourth-order valence-corrected chi connectivity index (χ4v) is 4.07. The van der Waals surface area contributed by atoms with Crippen molar-refractivity contribution in [3.8, 4) is 5.69 Å². The Bertz CT molecular complexity index is 1760. The summed E-state index contributed by atoms with van der Waals surface area (Å²) in [4.78, 5) is 42.9. The van der Waals surface area contributed by atoms with Crippen LogP contribution in [0.4, 0.5) is 0 Å². The van der Waals surface area contributed by atoms with Crippen LogP contribution in [0.1, 0.15) is 27.3 Å². The van der Waals surface area contributed by atoms with Crippen LogP contribution in [-0.2, 0) is 11.3 Å². The van der Waals surface area contributed by atoms with Crippen molar-refractivity contribution in [3.63, 3.8) is 0 Å². The molecule has 0 radical (unpaired) electrons. The van der Waals surface area contributed by atoms with E-state index in [1.54, 1.807) is 72.8 Å². The SMILES string of the molecule is O=C(/C=C/c1ccccc1)N/N=C\c1ccc(-n2c(CNC(=O)c3ccccc3)nc3ccccc3c2=O)cc1. The van der Waals surface area contributed by atoms with Gasteiger partial charge in [0, 0.05) is 11.6 Å². The maximum absolute atomic E-state index is 13.5. The van der Waals surface area contributed by atoms with E-state index in [1.807, 2.05) is 42.5 Å². The number of hydrogen-bond donors (Lipinski definition) is 2. The maximum Gasteiger partial charge on any atom is 0.266 e. The monoisotopic (exact) mass is 527 g/mol. The lowest BCUT2D eigenvalue weighted by Crippen LogP contribution is -2.30. The molecule has 0 fully saturated rings. The molecule has 5 aromatic rings. The number of benzene rings is 4. The summed E-state index contributed by atoms with van der Waals surface area (Å²) in [7, 11) is 0. The molecule has 2 N–H and O–H groups in total. The molecule has 0 aliphatic heterocycles. The third kappa shape index (κ3) is 6.25. The van der Waals surface area contributed by atoms with E-state index in [-0.39, 0.29) is 23.9 Å². The molecule has 0 atom stereocenters. The summed E-state index contributed by atoms with van der Waals surface area (Å²) in [6.45, 7) is 0.0551. The summed E-state index contributed by atoms with van der Waals surface area (Å²) >= 11 is 0. The van der Waals surface area contributed by atoms with E-state index in [9.17, 15) is 14.4 Å². The number of aromatic nitrogens is 2. The molecule has 1 heterocycles. The topological polar surface area (TPSA) is 105 Å². The van der Waals surface area contributed by atoms with Gasteiger partial charge in [-0.05, 0) is 53.6 Å². The van der Waals surface area contributed by atoms with Crippen molar-refractivity contribution >= 4 is 35.0 Å². The molecule has 196 valence electrons. The molecule has 0 bridgehead atoms. The van der Waals surface area contributed by atoms with Gasteiger partial charge >= 0.3 is 0 Å². The normalized spacial score (nSPS) is 11.2. The minimum atomic E-state index is -0.354. The Kier molecular flexibility index (Phi) is 7.98. The second kappa shape index (κ2) is 12.3. The zero-order valence-corrected chi connectivity index (χ0v) is 21.4. The zero-order valence-electron chi connectivity index (χ0n) is 21.4. The zero-order chi connectivity index (χ0) is 27.7. The van der Waals surface area contributed by atoms with Crippen LogP contribution in [0, 0.1) is 0 Å². The Morgan fingerprint density at radius 1 is 0.800 bits per heavy atom. The van der Waals surface area contributed by atoms with Crippen LogP contribution in [-0.4, -0.2) is 27.6 Å². The first-order valence-corrected chi connectivity index (χ1v) is 12.6. The molecule has 8 nitrogen and oxygen atoms in total. The number of hydrazone groups is 1. The smallest absolute Gasteiger partial charge is 0.266 e. The van der Waals surface area contributed by atoms with Crippen LogP contribution in [0.3, 0.4) is 0 Å². The van der Waals surface area contributed by atoms with Gasteiger partial charge in [-0.1, -0.05) is 72.8 Å². The number of rotatable bonds is 8. The van der Waals surface area contributed by atoms with Crippen molar-refractivity contribution in [2.75, 3.05) is 0 Å². The van der Waals surface area contributed by atoms with Crippen molar-refractivity contribution in [3.05, 3.63) is 148 Å². The summed E-state index contributed by atoms with van der Waals surface area (Å²) < 4.78 is 1.49. The summed E-state index contributed by atoms with van der Waals surface area (Å²) in [6.07, 6.45) is 4.63. The Balaban J connectivity index is 1.34. The molecular formula is C32H25N5O3. The molecule has 0 unspecified atom stereocenters. The van der Waals surface area contributed by atoms with E-state index in [4.69, 9.17) is 0 Å². The Morgan fingerprint density at radius 3 is 2.23 bits per heavy atom. The lowest BCUT2D eigenvalue weighted by molar-refractivity contribution is -0.116. The van der Waals surface area contributed by atoms with Crippen LogP contribution in [0.15, 0.2) is 125 Å². The largest absolute Gasteiger partial charge is 0.345 e. The minimum absolute atomic E-state index is 0.0551. The molecule has 8 heteroatoms. The van der Waals surface area contributed by atoms with Gasteiger partial charge in [0.15, 0.2) is 0 Å². The molecule has 0 saturated heterocycles. The van der Waals surface area contributed by atoms with Crippen LogP contribution < -0.4 is 16.3 Å². The van der Waals surface area contributed by atoms with Crippen LogP contribution >= 0.6 is 0 Å². The summed E-state index contributed by atoms with van der Waals surface area (Å²) in [5, 5.41) is 7.34. The third-order valence-corrected chi connectivity index (χ3v) is 6.05. The standard InChI is InChI=1S/C32H25N5O3/c38-30(20-17-23-9-3-1-4-10-23)36-34-21-24-15-18-26(19-16-24)37-29(22-33-31(39)25-11-5-2-6-12-25)35-28-14-8-7-13-27(28)32(37)40/h1-21H,22H2,(H,33,39)(H,36,38)/b20-17+,34-21-. The second-order valence-corrected chi connectivity index (χ2v) is 8.80. The number of nitrogens with zero attached hydrogens (tertiary/aromatic N) is 3. The fraction of sp³-hybridized carbons (Fsp3) is 0.0312. The third-order valence-electron chi connectivity index (χ3n) is 6.05. The number of fused-ring (bicyclic) bond motifs is 1. The average molecular weight is 528 g/mol. The van der Waals surface area contributed by atoms with Crippen molar-refractivity contribution < 1.29 is 9.59 Å². The predicted octanol–water partition coefficient (Wildman–Crippen LogP) is 4.48. The first-order chi connectivity index (χ1) is 19.6. The average Bonchev–Trinajstić information content (AvgIpc) is 3.00. The van der Waals surface area contributed by atoms with Crippen molar-refractivity contribution in [2.24, 2.45) is 5.10 Å². The summed E-state index contributed by atoms with van der Waals surface area (Å²) in [6, 6.07) is 32.5. The van der Waals surface area contributed by atoms with Gasteiger partial charge in [0.25, 0.3) is 17.4 Å². The molecule has 0 saturated carbocycles. The van der Waals surface area contributed by atoms with Gasteiger partial charge in [0.05, 0.1) is 29.3 Å². The Labute approximate surface area is 230 Å². The van der Waals surface area contributed by atoms with Crippen molar-refractivity contribution in [1.29, 1.82) is 0 Å².